The zero-order chi connectivity index (χ0) is 18.7. The van der Waals surface area contributed by atoms with E-state index >= 15 is 0 Å². The normalized spacial score (nSPS) is 17.2. The quantitative estimate of drug-likeness (QED) is 0.779. The predicted octanol–water partition coefficient (Wildman–Crippen LogP) is 2.99. The number of hydrogen-bond acceptors (Lipinski definition) is 4. The molecular weight excluding hydrogens is 402 g/mol. The van der Waals surface area contributed by atoms with Crippen LogP contribution in [0.1, 0.15) is 26.7 Å². The van der Waals surface area contributed by atoms with Crippen LogP contribution in [0.2, 0.25) is 0 Å². The van der Waals surface area contributed by atoms with Gasteiger partial charge in [0.05, 0.1) is 5.69 Å². The number of piperidine rings is 1. The van der Waals surface area contributed by atoms with Gasteiger partial charge in [-0.15, -0.1) is 0 Å². The molecule has 0 aromatic heterocycles. The lowest BCUT2D eigenvalue weighted by Crippen LogP contribution is -2.45. The van der Waals surface area contributed by atoms with Gasteiger partial charge in [-0.3, -0.25) is 4.79 Å². The van der Waals surface area contributed by atoms with Crippen molar-refractivity contribution in [2.75, 3.05) is 31.6 Å². The van der Waals surface area contributed by atoms with Crippen molar-refractivity contribution in [2.45, 2.75) is 32.7 Å². The molecule has 2 heterocycles. The fraction of sp³-hybridized carbons (Fsp3) is 0.556. The van der Waals surface area contributed by atoms with Crippen molar-refractivity contribution in [3.63, 3.8) is 0 Å². The molecule has 0 aliphatic carbocycles. The third kappa shape index (κ3) is 4.41. The van der Waals surface area contributed by atoms with Gasteiger partial charge in [0, 0.05) is 41.7 Å². The largest absolute Gasteiger partial charge is 0.486 e. The van der Waals surface area contributed by atoms with Crippen LogP contribution in [0.4, 0.5) is 10.5 Å². The van der Waals surface area contributed by atoms with Gasteiger partial charge in [0.25, 0.3) is 0 Å². The highest BCUT2D eigenvalue weighted by molar-refractivity contribution is 9.10. The van der Waals surface area contributed by atoms with E-state index in [1.54, 1.807) is 17.0 Å². The topological polar surface area (TPSA) is 79.9 Å². The maximum Gasteiger partial charge on any atom is 0.321 e. The van der Waals surface area contributed by atoms with E-state index in [1.165, 1.54) is 0 Å². The Hall–Kier alpha value is -1.96. The monoisotopic (exact) mass is 425 g/mol. The van der Waals surface area contributed by atoms with E-state index in [0.717, 1.165) is 4.47 Å². The number of nitrogens with zero attached hydrogens (tertiary/aromatic N) is 1. The van der Waals surface area contributed by atoms with Crippen LogP contribution in [-0.2, 0) is 4.79 Å². The third-order valence-electron chi connectivity index (χ3n) is 4.46. The van der Waals surface area contributed by atoms with E-state index in [0.29, 0.717) is 56.3 Å². The first kappa shape index (κ1) is 18.8. The Bertz CT molecular complexity index is 687. The average Bonchev–Trinajstić information content (AvgIpc) is 2.62. The summed E-state index contributed by atoms with van der Waals surface area (Å²) in [7, 11) is 0. The highest BCUT2D eigenvalue weighted by Gasteiger charge is 2.28. The minimum atomic E-state index is -0.176. The molecule has 2 N–H and O–H groups in total. The zero-order valence-corrected chi connectivity index (χ0v) is 16.6. The first-order valence-electron chi connectivity index (χ1n) is 8.89. The molecule has 1 aromatic carbocycles. The minimum Gasteiger partial charge on any atom is -0.486 e. The molecule has 0 unspecified atom stereocenters. The van der Waals surface area contributed by atoms with Crippen molar-refractivity contribution in [1.29, 1.82) is 0 Å². The van der Waals surface area contributed by atoms with Crippen molar-refractivity contribution >= 4 is 33.6 Å². The van der Waals surface area contributed by atoms with Crippen LogP contribution in [0, 0.1) is 5.92 Å². The van der Waals surface area contributed by atoms with E-state index < -0.39 is 0 Å². The van der Waals surface area contributed by atoms with Crippen LogP contribution in [0.3, 0.4) is 0 Å². The molecule has 2 aliphatic heterocycles. The lowest BCUT2D eigenvalue weighted by molar-refractivity contribution is -0.126. The minimum absolute atomic E-state index is 0.0255. The summed E-state index contributed by atoms with van der Waals surface area (Å²) in [5, 5.41) is 5.85. The Morgan fingerprint density at radius 2 is 1.77 bits per heavy atom. The summed E-state index contributed by atoms with van der Waals surface area (Å²) in [5.74, 6) is 1.34. The van der Waals surface area contributed by atoms with Crippen LogP contribution in [0.15, 0.2) is 16.6 Å². The Labute approximate surface area is 161 Å². The highest BCUT2D eigenvalue weighted by atomic mass is 79.9. The number of amides is 3. The summed E-state index contributed by atoms with van der Waals surface area (Å²) in [6.07, 6.45) is 1.35. The molecule has 0 bridgehead atoms. The molecule has 7 nitrogen and oxygen atoms in total. The highest BCUT2D eigenvalue weighted by Crippen LogP contribution is 2.38. The second-order valence-corrected chi connectivity index (χ2v) is 7.68. The molecule has 1 fully saturated rings. The number of likely N-dealkylation sites (tertiary alicyclic amines) is 1. The second kappa shape index (κ2) is 8.16. The summed E-state index contributed by atoms with van der Waals surface area (Å²) in [6.45, 7) is 6.03. The van der Waals surface area contributed by atoms with Crippen LogP contribution in [0.5, 0.6) is 11.5 Å². The van der Waals surface area contributed by atoms with Gasteiger partial charge in [0.1, 0.15) is 13.2 Å². The Morgan fingerprint density at radius 1 is 1.15 bits per heavy atom. The number of fused-ring (bicyclic) bond motifs is 1. The molecule has 142 valence electrons. The lowest BCUT2D eigenvalue weighted by atomic mass is 9.96. The summed E-state index contributed by atoms with van der Waals surface area (Å²) >= 11 is 3.46. The lowest BCUT2D eigenvalue weighted by Gasteiger charge is -2.32. The molecule has 0 spiro atoms. The van der Waals surface area contributed by atoms with Crippen molar-refractivity contribution in [2.24, 2.45) is 5.92 Å². The maximum atomic E-state index is 12.6. The Balaban J connectivity index is 1.57. The molecule has 0 radical (unpaired) electrons. The number of benzene rings is 1. The molecule has 2 aliphatic rings. The van der Waals surface area contributed by atoms with Crippen molar-refractivity contribution in [3.8, 4) is 11.5 Å². The van der Waals surface area contributed by atoms with Gasteiger partial charge in [0.15, 0.2) is 11.5 Å². The first-order valence-corrected chi connectivity index (χ1v) is 9.69. The van der Waals surface area contributed by atoms with Gasteiger partial charge in [0.2, 0.25) is 5.91 Å². The van der Waals surface area contributed by atoms with Gasteiger partial charge < -0.3 is 25.0 Å². The number of carbonyl (C=O) groups excluding carboxylic acids is 2. The van der Waals surface area contributed by atoms with E-state index in [1.807, 2.05) is 13.8 Å². The fourth-order valence-electron chi connectivity index (χ4n) is 3.10. The fourth-order valence-corrected chi connectivity index (χ4v) is 3.52. The van der Waals surface area contributed by atoms with Gasteiger partial charge in [-0.1, -0.05) is 0 Å². The van der Waals surface area contributed by atoms with Gasteiger partial charge in [-0.2, -0.15) is 0 Å². The maximum absolute atomic E-state index is 12.6. The number of nitrogens with one attached hydrogen (secondary N) is 2. The van der Waals surface area contributed by atoms with Crippen molar-refractivity contribution in [3.05, 3.63) is 16.6 Å². The average molecular weight is 426 g/mol. The molecule has 3 amide bonds. The SMILES string of the molecule is CC(C)NC(=O)C1CCN(C(=O)Nc2cc3c(cc2Br)OCCO3)CC1. The van der Waals surface area contributed by atoms with Gasteiger partial charge in [-0.25, -0.2) is 4.79 Å². The Morgan fingerprint density at radius 3 is 2.38 bits per heavy atom. The van der Waals surface area contributed by atoms with Crippen molar-refractivity contribution < 1.29 is 19.1 Å². The first-order chi connectivity index (χ1) is 12.4. The third-order valence-corrected chi connectivity index (χ3v) is 5.11. The van der Waals surface area contributed by atoms with E-state index in [4.69, 9.17) is 9.47 Å². The van der Waals surface area contributed by atoms with Gasteiger partial charge in [-0.05, 0) is 42.6 Å². The van der Waals surface area contributed by atoms with Gasteiger partial charge >= 0.3 is 6.03 Å². The van der Waals surface area contributed by atoms with Crippen LogP contribution in [0.25, 0.3) is 0 Å². The number of rotatable bonds is 3. The summed E-state index contributed by atoms with van der Waals surface area (Å²) < 4.78 is 11.8. The number of carbonyl (C=O) groups is 2. The zero-order valence-electron chi connectivity index (χ0n) is 15.0. The standard InChI is InChI=1S/C18H24BrN3O4/c1-11(2)20-17(23)12-3-5-22(6-4-12)18(24)21-14-10-16-15(9-13(14)19)25-7-8-26-16/h9-12H,3-8H2,1-2H3,(H,20,23)(H,21,24). The number of hydrogen-bond donors (Lipinski definition) is 2. The number of halogens is 1. The van der Waals surface area contributed by atoms with E-state index in [-0.39, 0.29) is 23.9 Å². The molecule has 3 rings (SSSR count). The van der Waals surface area contributed by atoms with Crippen molar-refractivity contribution in [1.82, 2.24) is 10.2 Å². The summed E-state index contributed by atoms with van der Waals surface area (Å²) in [5.41, 5.74) is 0.638. The number of ether oxygens (including phenoxy) is 2. The molecular formula is C18H24BrN3O4. The Kier molecular flexibility index (Phi) is 5.90. The molecule has 8 heteroatoms. The van der Waals surface area contributed by atoms with Crippen LogP contribution < -0.4 is 20.1 Å². The summed E-state index contributed by atoms with van der Waals surface area (Å²) in [4.78, 5) is 26.4. The number of anilines is 1. The van der Waals surface area contributed by atoms with E-state index in [9.17, 15) is 9.59 Å². The molecule has 0 saturated carbocycles. The molecule has 1 aromatic rings. The van der Waals surface area contributed by atoms with Crippen LogP contribution in [-0.4, -0.2) is 49.2 Å². The molecule has 0 atom stereocenters. The summed E-state index contributed by atoms with van der Waals surface area (Å²) in [6, 6.07) is 3.52. The number of urea groups is 1. The van der Waals surface area contributed by atoms with Crippen LogP contribution >= 0.6 is 15.9 Å². The smallest absolute Gasteiger partial charge is 0.321 e. The predicted molar refractivity (Wildman–Crippen MR) is 102 cm³/mol. The van der Waals surface area contributed by atoms with E-state index in [2.05, 4.69) is 26.6 Å². The molecule has 1 saturated heterocycles. The second-order valence-electron chi connectivity index (χ2n) is 6.83. The molecule has 26 heavy (non-hydrogen) atoms.